The van der Waals surface area contributed by atoms with E-state index in [1.165, 1.54) is 139 Å². The average molecular weight is 608 g/mol. The van der Waals surface area contributed by atoms with Crippen molar-refractivity contribution in [3.63, 3.8) is 0 Å². The van der Waals surface area contributed by atoms with Gasteiger partial charge in [0.05, 0.1) is 25.2 Å². The summed E-state index contributed by atoms with van der Waals surface area (Å²) in [6.45, 7) is 7.02. The van der Waals surface area contributed by atoms with Crippen LogP contribution in [0.5, 0.6) is 0 Å². The van der Waals surface area contributed by atoms with Gasteiger partial charge in [0.15, 0.2) is 6.04 Å². The zero-order chi connectivity index (χ0) is 30.4. The molecule has 3 saturated heterocycles. The Morgan fingerprint density at radius 3 is 2.18 bits per heavy atom. The highest BCUT2D eigenvalue weighted by Crippen LogP contribution is 2.42. The number of amides is 1. The van der Waals surface area contributed by atoms with Crippen LogP contribution < -0.4 is 16.1 Å². The van der Waals surface area contributed by atoms with E-state index in [1.54, 1.807) is 0 Å². The van der Waals surface area contributed by atoms with Gasteiger partial charge < -0.3 is 9.80 Å². The molecule has 5 aliphatic rings. The van der Waals surface area contributed by atoms with E-state index < -0.39 is 0 Å². The normalized spacial score (nSPS) is 34.0. The third kappa shape index (κ3) is 6.80. The molecule has 44 heavy (non-hydrogen) atoms. The molecule has 6 rings (SSSR count). The van der Waals surface area contributed by atoms with Crippen LogP contribution in [-0.2, 0) is 21.7 Å². The lowest BCUT2D eigenvalue weighted by molar-refractivity contribution is -0.968. The summed E-state index contributed by atoms with van der Waals surface area (Å²) in [7, 11) is 0. The highest BCUT2D eigenvalue weighted by molar-refractivity contribution is 5.81. The molecule has 4 fully saturated rings. The van der Waals surface area contributed by atoms with Crippen molar-refractivity contribution >= 4 is 5.91 Å². The Morgan fingerprint density at radius 1 is 0.864 bits per heavy atom. The van der Waals surface area contributed by atoms with Crippen LogP contribution >= 0.6 is 0 Å². The fraction of sp³-hybridized carbons (Fsp3) is 0.816. The quantitative estimate of drug-likeness (QED) is 0.296. The number of nitrogens with one attached hydrogen (secondary N) is 3. The minimum Gasteiger partial charge on any atom is -0.344 e. The second-order valence-electron chi connectivity index (χ2n) is 15.3. The van der Waals surface area contributed by atoms with E-state index in [4.69, 9.17) is 4.84 Å². The van der Waals surface area contributed by atoms with Gasteiger partial charge in [-0.05, 0) is 100 Å². The van der Waals surface area contributed by atoms with E-state index in [1.807, 2.05) is 0 Å². The van der Waals surface area contributed by atoms with Gasteiger partial charge in [-0.1, -0.05) is 82.9 Å². The van der Waals surface area contributed by atoms with Crippen molar-refractivity contribution in [2.75, 3.05) is 13.1 Å². The maximum atomic E-state index is 14.3. The Bertz CT molecular complexity index is 1070. The number of nitrogens with zero attached hydrogens (tertiary/aromatic N) is 1. The molecule has 0 aromatic heterocycles. The number of hydrogen-bond acceptors (Lipinski definition) is 4. The van der Waals surface area contributed by atoms with Gasteiger partial charge in [0, 0.05) is 6.42 Å². The van der Waals surface area contributed by atoms with Crippen LogP contribution in [0, 0.1) is 5.92 Å². The number of hydroxylamine groups is 1. The summed E-state index contributed by atoms with van der Waals surface area (Å²) in [6.07, 6.45) is 26.4. The minimum absolute atomic E-state index is 0.0354. The summed E-state index contributed by atoms with van der Waals surface area (Å²) < 4.78 is 1.05. The number of hydrogen-bond donors (Lipinski definition) is 3. The van der Waals surface area contributed by atoms with Crippen LogP contribution in [0.2, 0.25) is 0 Å². The molecule has 3 N–H and O–H groups in total. The largest absolute Gasteiger partial charge is 0.344 e. The second kappa shape index (κ2) is 15.0. The number of rotatable bonds is 5. The maximum Gasteiger partial charge on any atom is 0.278 e. The first-order chi connectivity index (χ1) is 21.6. The van der Waals surface area contributed by atoms with Crippen LogP contribution in [0.15, 0.2) is 18.2 Å². The molecule has 0 bridgehead atoms. The van der Waals surface area contributed by atoms with Crippen molar-refractivity contribution in [1.29, 1.82) is 0 Å². The monoisotopic (exact) mass is 607 g/mol. The lowest BCUT2D eigenvalue weighted by atomic mass is 9.79. The Hall–Kier alpha value is -1.47. The molecule has 4 unspecified atom stereocenters. The Balaban J connectivity index is 1.21. The summed E-state index contributed by atoms with van der Waals surface area (Å²) in [5.41, 5.74) is 7.32. The van der Waals surface area contributed by atoms with Gasteiger partial charge in [0.25, 0.3) is 5.91 Å². The number of quaternary nitrogens is 1. The molecule has 1 amide bonds. The van der Waals surface area contributed by atoms with Gasteiger partial charge >= 0.3 is 0 Å². The number of carbonyl (C=O) groups excluding carboxylic acids is 1. The highest BCUT2D eigenvalue weighted by atomic mass is 16.7. The molecule has 6 nitrogen and oxygen atoms in total. The molecule has 5 atom stereocenters. The van der Waals surface area contributed by atoms with E-state index in [-0.39, 0.29) is 24.0 Å². The number of fused-ring (bicyclic) bond motifs is 1. The van der Waals surface area contributed by atoms with Gasteiger partial charge in [-0.3, -0.25) is 14.9 Å². The first-order valence-corrected chi connectivity index (χ1v) is 19.1. The van der Waals surface area contributed by atoms with Crippen molar-refractivity contribution < 1.29 is 14.1 Å². The zero-order valence-electron chi connectivity index (χ0n) is 28.1. The summed E-state index contributed by atoms with van der Waals surface area (Å²) in [5, 5.41) is 7.59. The van der Waals surface area contributed by atoms with E-state index >= 15 is 0 Å². The lowest BCUT2D eigenvalue weighted by Gasteiger charge is -2.52. The third-order valence-corrected chi connectivity index (χ3v) is 12.6. The van der Waals surface area contributed by atoms with E-state index in [0.717, 1.165) is 30.2 Å². The molecule has 1 aromatic rings. The lowest BCUT2D eigenvalue weighted by Crippen LogP contribution is -2.67. The van der Waals surface area contributed by atoms with Crippen LogP contribution in [0.3, 0.4) is 0 Å². The second-order valence-corrected chi connectivity index (χ2v) is 15.3. The molecule has 246 valence electrons. The summed E-state index contributed by atoms with van der Waals surface area (Å²) in [6, 6.07) is 7.99. The predicted octanol–water partition coefficient (Wildman–Crippen LogP) is 8.06. The highest BCUT2D eigenvalue weighted by Gasteiger charge is 2.49. The van der Waals surface area contributed by atoms with Crippen molar-refractivity contribution in [1.82, 2.24) is 16.1 Å². The van der Waals surface area contributed by atoms with Gasteiger partial charge in [-0.2, -0.15) is 5.48 Å². The Labute approximate surface area is 268 Å². The molecule has 3 aliphatic heterocycles. The van der Waals surface area contributed by atoms with E-state index in [0.29, 0.717) is 17.9 Å². The Kier molecular flexibility index (Phi) is 11.0. The maximum absolute atomic E-state index is 14.3. The minimum atomic E-state index is -0.334. The topological polar surface area (TPSA) is 62.4 Å². The number of aryl methyl sites for hydroxylation is 1. The molecule has 2 aliphatic carbocycles. The third-order valence-electron chi connectivity index (χ3n) is 12.6. The number of piperidine rings is 1. The first kappa shape index (κ1) is 32.5. The SMILES string of the molecule is CCC1NC(c2ccc3c(c2)CC[C@H]3NC(=O)C2CCCC(C)[N+]23CCCCCCCCC3)(C2CCCCCCCC2)NO1. The summed E-state index contributed by atoms with van der Waals surface area (Å²) in [4.78, 5) is 20.4. The van der Waals surface area contributed by atoms with Gasteiger partial charge in [-0.15, -0.1) is 0 Å². The molecule has 3 heterocycles. The number of benzene rings is 1. The van der Waals surface area contributed by atoms with E-state index in [9.17, 15) is 4.79 Å². The van der Waals surface area contributed by atoms with Crippen LogP contribution in [-0.4, -0.2) is 41.8 Å². The van der Waals surface area contributed by atoms with Crippen molar-refractivity contribution in [3.8, 4) is 0 Å². The molecule has 1 saturated carbocycles. The van der Waals surface area contributed by atoms with Crippen molar-refractivity contribution in [2.24, 2.45) is 5.92 Å². The van der Waals surface area contributed by atoms with Crippen molar-refractivity contribution in [3.05, 3.63) is 34.9 Å². The summed E-state index contributed by atoms with van der Waals surface area (Å²) in [5.74, 6) is 0.836. The predicted molar refractivity (Wildman–Crippen MR) is 179 cm³/mol. The standard InChI is InChI=1S/C38H62N4O2/c1-3-36-40-38(41-44-36,31-19-13-9-5-6-10-14-20-31)32-23-24-33-30(28-32)22-25-34(33)39-37(43)35-21-17-18-29(2)42(35)26-15-11-7-4-8-12-16-27-42/h23-24,28-29,31,34-36,40-41H,3-22,25-27H2,1-2H3/p+1/t29?,34-,35?,36?,38?/m1/s1. The molecule has 6 heteroatoms. The van der Waals surface area contributed by atoms with Gasteiger partial charge in [0.1, 0.15) is 11.9 Å². The fourth-order valence-corrected chi connectivity index (χ4v) is 9.94. The van der Waals surface area contributed by atoms with Crippen molar-refractivity contribution in [2.45, 2.75) is 179 Å². The molecule has 0 radical (unpaired) electrons. The molecule has 1 spiro atoms. The summed E-state index contributed by atoms with van der Waals surface area (Å²) >= 11 is 0. The smallest absolute Gasteiger partial charge is 0.278 e. The Morgan fingerprint density at radius 2 is 1.52 bits per heavy atom. The molecular weight excluding hydrogens is 544 g/mol. The fourth-order valence-electron chi connectivity index (χ4n) is 9.94. The molecular formula is C38H63N4O2+. The van der Waals surface area contributed by atoms with Crippen LogP contribution in [0.25, 0.3) is 0 Å². The van der Waals surface area contributed by atoms with Crippen LogP contribution in [0.1, 0.15) is 165 Å². The molecule has 1 aromatic carbocycles. The average Bonchev–Trinajstić information content (AvgIpc) is 3.69. The van der Waals surface area contributed by atoms with E-state index in [2.05, 4.69) is 48.2 Å². The first-order valence-electron chi connectivity index (χ1n) is 19.1. The zero-order valence-corrected chi connectivity index (χ0v) is 28.1. The van der Waals surface area contributed by atoms with Gasteiger partial charge in [-0.25, -0.2) is 0 Å². The van der Waals surface area contributed by atoms with Crippen LogP contribution in [0.4, 0.5) is 0 Å². The number of carbonyl (C=O) groups is 1. The van der Waals surface area contributed by atoms with Gasteiger partial charge in [0.2, 0.25) is 0 Å².